The zero-order valence-electron chi connectivity index (χ0n) is 12.0. The van der Waals surface area contributed by atoms with Crippen LogP contribution in [-0.2, 0) is 9.53 Å². The molecule has 0 heterocycles. The molecule has 3 heteroatoms. The zero-order valence-corrected chi connectivity index (χ0v) is 12.0. The van der Waals surface area contributed by atoms with E-state index in [1.165, 1.54) is 25.7 Å². The summed E-state index contributed by atoms with van der Waals surface area (Å²) in [5, 5.41) is 3.23. The molecule has 0 radical (unpaired) electrons. The van der Waals surface area contributed by atoms with Crippen LogP contribution < -0.4 is 5.32 Å². The molecule has 0 spiro atoms. The molecular weight excluding hydrogens is 226 g/mol. The minimum absolute atomic E-state index is 0.216. The van der Waals surface area contributed by atoms with Gasteiger partial charge in [0.25, 0.3) is 0 Å². The summed E-state index contributed by atoms with van der Waals surface area (Å²) in [6, 6.07) is 0.225. The number of amides is 1. The van der Waals surface area contributed by atoms with Crippen molar-refractivity contribution in [2.75, 3.05) is 7.11 Å². The van der Waals surface area contributed by atoms with Crippen molar-refractivity contribution in [3.8, 4) is 0 Å². The van der Waals surface area contributed by atoms with E-state index in [2.05, 4.69) is 19.2 Å². The minimum atomic E-state index is -0.225. The average molecular weight is 253 g/mol. The second-order valence-electron chi connectivity index (χ2n) is 6.49. The van der Waals surface area contributed by atoms with Gasteiger partial charge in [0.2, 0.25) is 5.91 Å². The molecule has 0 bridgehead atoms. The molecular formula is C15H27NO2. The minimum Gasteiger partial charge on any atom is -0.379 e. The normalized spacial score (nSPS) is 29.7. The van der Waals surface area contributed by atoms with E-state index in [-0.39, 0.29) is 23.5 Å². The highest BCUT2D eigenvalue weighted by Crippen LogP contribution is 2.40. The molecule has 104 valence electrons. The number of hydrogen-bond donors (Lipinski definition) is 1. The Morgan fingerprint density at radius 2 is 1.78 bits per heavy atom. The first-order chi connectivity index (χ1) is 8.55. The largest absolute Gasteiger partial charge is 0.379 e. The molecule has 2 aliphatic carbocycles. The van der Waals surface area contributed by atoms with E-state index in [0.717, 1.165) is 19.3 Å². The average Bonchev–Trinajstić information content (AvgIpc) is 2.99. The standard InChI is InChI=1S/C15H27NO2/c1-15(2,11-7-4-5-8-11)14(17)16-12-9-6-10-13(12)18-3/h11-13H,4-10H2,1-3H3,(H,16,17)/t12-,13-/m0/s1. The molecule has 3 nitrogen and oxygen atoms in total. The first-order valence-corrected chi connectivity index (χ1v) is 7.39. The van der Waals surface area contributed by atoms with Crippen LogP contribution >= 0.6 is 0 Å². The molecule has 1 amide bonds. The summed E-state index contributed by atoms with van der Waals surface area (Å²) < 4.78 is 5.45. The second-order valence-corrected chi connectivity index (χ2v) is 6.49. The molecule has 0 unspecified atom stereocenters. The number of carbonyl (C=O) groups excluding carboxylic acids is 1. The van der Waals surface area contributed by atoms with Crippen LogP contribution in [0.3, 0.4) is 0 Å². The number of carbonyl (C=O) groups is 1. The van der Waals surface area contributed by atoms with Gasteiger partial charge in [0.1, 0.15) is 0 Å². The number of rotatable bonds is 4. The lowest BCUT2D eigenvalue weighted by atomic mass is 9.77. The molecule has 2 aliphatic rings. The Balaban J connectivity index is 1.93. The summed E-state index contributed by atoms with van der Waals surface area (Å²) in [7, 11) is 1.75. The monoisotopic (exact) mass is 253 g/mol. The van der Waals surface area contributed by atoms with Crippen LogP contribution in [0.4, 0.5) is 0 Å². The Bertz CT molecular complexity index is 295. The smallest absolute Gasteiger partial charge is 0.226 e. The number of hydrogen-bond acceptors (Lipinski definition) is 2. The molecule has 2 saturated carbocycles. The van der Waals surface area contributed by atoms with Gasteiger partial charge in [-0.25, -0.2) is 0 Å². The van der Waals surface area contributed by atoms with E-state index in [1.807, 2.05) is 0 Å². The maximum atomic E-state index is 12.5. The highest BCUT2D eigenvalue weighted by Gasteiger charge is 2.40. The van der Waals surface area contributed by atoms with Gasteiger partial charge in [-0.15, -0.1) is 0 Å². The van der Waals surface area contributed by atoms with E-state index in [4.69, 9.17) is 4.74 Å². The number of ether oxygens (including phenoxy) is 1. The Morgan fingerprint density at radius 1 is 1.11 bits per heavy atom. The van der Waals surface area contributed by atoms with Crippen LogP contribution in [0.5, 0.6) is 0 Å². The van der Waals surface area contributed by atoms with Gasteiger partial charge in [0.05, 0.1) is 12.1 Å². The van der Waals surface area contributed by atoms with E-state index in [0.29, 0.717) is 5.92 Å². The van der Waals surface area contributed by atoms with Crippen molar-refractivity contribution in [2.45, 2.75) is 70.9 Å². The Labute approximate surface area is 111 Å². The molecule has 0 aromatic heterocycles. The van der Waals surface area contributed by atoms with Crippen LogP contribution in [0.2, 0.25) is 0 Å². The fraction of sp³-hybridized carbons (Fsp3) is 0.933. The van der Waals surface area contributed by atoms with Crippen molar-refractivity contribution in [1.29, 1.82) is 0 Å². The van der Waals surface area contributed by atoms with Crippen molar-refractivity contribution in [3.63, 3.8) is 0 Å². The molecule has 2 fully saturated rings. The third kappa shape index (κ3) is 2.71. The molecule has 0 aromatic carbocycles. The number of methoxy groups -OCH3 is 1. The van der Waals surface area contributed by atoms with Gasteiger partial charge in [-0.3, -0.25) is 4.79 Å². The molecule has 0 saturated heterocycles. The summed E-state index contributed by atoms with van der Waals surface area (Å²) in [4.78, 5) is 12.5. The summed E-state index contributed by atoms with van der Waals surface area (Å²) in [6.07, 6.45) is 8.49. The maximum absolute atomic E-state index is 12.5. The van der Waals surface area contributed by atoms with Crippen LogP contribution in [0.25, 0.3) is 0 Å². The summed E-state index contributed by atoms with van der Waals surface area (Å²) in [5.74, 6) is 0.781. The van der Waals surface area contributed by atoms with Crippen molar-refractivity contribution in [3.05, 3.63) is 0 Å². The van der Waals surface area contributed by atoms with Gasteiger partial charge in [-0.05, 0) is 38.0 Å². The molecule has 2 rings (SSSR count). The van der Waals surface area contributed by atoms with Crippen LogP contribution in [0, 0.1) is 11.3 Å². The van der Waals surface area contributed by atoms with Crippen LogP contribution in [0.15, 0.2) is 0 Å². The summed E-state index contributed by atoms with van der Waals surface area (Å²) in [5.41, 5.74) is -0.225. The third-order valence-electron chi connectivity index (χ3n) is 5.03. The summed E-state index contributed by atoms with van der Waals surface area (Å²) >= 11 is 0. The predicted octanol–water partition coefficient (Wildman–Crippen LogP) is 2.89. The zero-order chi connectivity index (χ0) is 13.2. The Kier molecular flexibility index (Phi) is 4.31. The first kappa shape index (κ1) is 13.9. The van der Waals surface area contributed by atoms with Crippen molar-refractivity contribution < 1.29 is 9.53 Å². The molecule has 0 aliphatic heterocycles. The quantitative estimate of drug-likeness (QED) is 0.836. The van der Waals surface area contributed by atoms with Crippen LogP contribution in [0.1, 0.15) is 58.8 Å². The number of nitrogens with one attached hydrogen (secondary N) is 1. The predicted molar refractivity (Wildman–Crippen MR) is 72.3 cm³/mol. The lowest BCUT2D eigenvalue weighted by Crippen LogP contribution is -2.48. The topological polar surface area (TPSA) is 38.3 Å². The van der Waals surface area contributed by atoms with Crippen molar-refractivity contribution >= 4 is 5.91 Å². The van der Waals surface area contributed by atoms with Gasteiger partial charge in [-0.1, -0.05) is 26.7 Å². The molecule has 0 aromatic rings. The van der Waals surface area contributed by atoms with Crippen molar-refractivity contribution in [1.82, 2.24) is 5.32 Å². The van der Waals surface area contributed by atoms with Gasteiger partial charge < -0.3 is 10.1 Å². The SMILES string of the molecule is CO[C@H]1CCC[C@@H]1NC(=O)C(C)(C)C1CCCC1. The van der Waals surface area contributed by atoms with E-state index >= 15 is 0 Å². The van der Waals surface area contributed by atoms with Gasteiger partial charge >= 0.3 is 0 Å². The molecule has 2 atom stereocenters. The Hall–Kier alpha value is -0.570. The second kappa shape index (κ2) is 5.60. The van der Waals surface area contributed by atoms with E-state index < -0.39 is 0 Å². The van der Waals surface area contributed by atoms with E-state index in [9.17, 15) is 4.79 Å². The fourth-order valence-corrected chi connectivity index (χ4v) is 3.56. The van der Waals surface area contributed by atoms with Gasteiger partial charge in [-0.2, -0.15) is 0 Å². The van der Waals surface area contributed by atoms with E-state index in [1.54, 1.807) is 7.11 Å². The fourth-order valence-electron chi connectivity index (χ4n) is 3.56. The first-order valence-electron chi connectivity index (χ1n) is 7.39. The van der Waals surface area contributed by atoms with Crippen molar-refractivity contribution in [2.24, 2.45) is 11.3 Å². The highest BCUT2D eigenvalue weighted by molar-refractivity contribution is 5.82. The van der Waals surface area contributed by atoms with Gasteiger partial charge in [0, 0.05) is 12.5 Å². The lowest BCUT2D eigenvalue weighted by molar-refractivity contribution is -0.133. The maximum Gasteiger partial charge on any atom is 0.226 e. The summed E-state index contributed by atoms with van der Waals surface area (Å²) in [6.45, 7) is 4.21. The molecule has 18 heavy (non-hydrogen) atoms. The Morgan fingerprint density at radius 3 is 2.39 bits per heavy atom. The lowest BCUT2D eigenvalue weighted by Gasteiger charge is -2.32. The highest BCUT2D eigenvalue weighted by atomic mass is 16.5. The van der Waals surface area contributed by atoms with Crippen LogP contribution in [-0.4, -0.2) is 25.2 Å². The third-order valence-corrected chi connectivity index (χ3v) is 5.03. The van der Waals surface area contributed by atoms with Gasteiger partial charge in [0.15, 0.2) is 0 Å². The molecule has 1 N–H and O–H groups in total.